The third-order valence-electron chi connectivity index (χ3n) is 2.47. The van der Waals surface area contributed by atoms with Crippen LogP contribution in [0.5, 0.6) is 0 Å². The summed E-state index contributed by atoms with van der Waals surface area (Å²) in [5.41, 5.74) is 1.33. The number of rotatable bonds is 4. The molecule has 0 radical (unpaired) electrons. The topological polar surface area (TPSA) is 66.5 Å². The first-order valence-electron chi connectivity index (χ1n) is 5.36. The van der Waals surface area contributed by atoms with Crippen molar-refractivity contribution in [3.8, 4) is 6.07 Å². The summed E-state index contributed by atoms with van der Waals surface area (Å²) in [6, 6.07) is 5.59. The third-order valence-corrected chi connectivity index (χ3v) is 2.47. The molecule has 1 N–H and O–H groups in total. The van der Waals surface area contributed by atoms with Crippen LogP contribution in [0.25, 0.3) is 0 Å². The fourth-order valence-electron chi connectivity index (χ4n) is 1.56. The van der Waals surface area contributed by atoms with E-state index in [0.717, 1.165) is 24.5 Å². The van der Waals surface area contributed by atoms with Gasteiger partial charge in [0.05, 0.1) is 0 Å². The highest BCUT2D eigenvalue weighted by Gasteiger charge is 1.99. The van der Waals surface area contributed by atoms with Crippen LogP contribution in [0.2, 0.25) is 0 Å². The normalized spacial score (nSPS) is 9.88. The molecule has 2 rings (SSSR count). The number of hydrogen-bond acceptors (Lipinski definition) is 4. The molecule has 0 saturated carbocycles. The first-order chi connectivity index (χ1) is 8.29. The summed E-state index contributed by atoms with van der Waals surface area (Å²) in [6.45, 7) is 0.778. The first kappa shape index (κ1) is 11.1. The van der Waals surface area contributed by atoms with Crippen LogP contribution in [0.4, 0.5) is 5.69 Å². The van der Waals surface area contributed by atoms with Crippen LogP contribution in [0, 0.1) is 11.3 Å². The lowest BCUT2D eigenvalue weighted by atomic mass is 10.3. The van der Waals surface area contributed by atoms with E-state index in [-0.39, 0.29) is 0 Å². The Morgan fingerprint density at radius 3 is 3.00 bits per heavy atom. The van der Waals surface area contributed by atoms with E-state index in [1.54, 1.807) is 18.5 Å². The van der Waals surface area contributed by atoms with Gasteiger partial charge in [0.25, 0.3) is 0 Å². The van der Waals surface area contributed by atoms with Crippen LogP contribution in [0.15, 0.2) is 30.7 Å². The summed E-state index contributed by atoms with van der Waals surface area (Å²) in [6.07, 6.45) is 6.18. The van der Waals surface area contributed by atoms with Crippen LogP contribution in [-0.2, 0) is 13.5 Å². The maximum Gasteiger partial charge on any atom is 0.142 e. The maximum absolute atomic E-state index is 8.72. The summed E-state index contributed by atoms with van der Waals surface area (Å²) in [4.78, 5) is 8.15. The van der Waals surface area contributed by atoms with Crippen LogP contribution in [0.1, 0.15) is 11.5 Å². The van der Waals surface area contributed by atoms with Crippen molar-refractivity contribution in [3.63, 3.8) is 0 Å². The predicted molar refractivity (Wildman–Crippen MR) is 64.4 cm³/mol. The predicted octanol–water partition coefficient (Wildman–Crippen LogP) is 1.34. The number of imidazole rings is 1. The molecule has 2 heterocycles. The van der Waals surface area contributed by atoms with E-state index in [9.17, 15) is 0 Å². The van der Waals surface area contributed by atoms with Crippen LogP contribution >= 0.6 is 0 Å². The van der Waals surface area contributed by atoms with Gasteiger partial charge in [-0.05, 0) is 12.1 Å². The average Bonchev–Trinajstić information content (AvgIpc) is 2.76. The standard InChI is InChI=1S/C12H13N5/c1-17-7-6-16-12(17)3-5-14-10-2-4-15-11(8-10)9-13/h2,4,6-8H,3,5H2,1H3,(H,14,15). The molecule has 0 aliphatic heterocycles. The monoisotopic (exact) mass is 227 g/mol. The van der Waals surface area contributed by atoms with Gasteiger partial charge >= 0.3 is 0 Å². The third kappa shape index (κ3) is 2.82. The van der Waals surface area contributed by atoms with Crippen LogP contribution in [0.3, 0.4) is 0 Å². The summed E-state index contributed by atoms with van der Waals surface area (Å²) in [5.74, 6) is 1.03. The summed E-state index contributed by atoms with van der Waals surface area (Å²) in [5, 5.41) is 12.0. The van der Waals surface area contributed by atoms with Gasteiger partial charge in [-0.1, -0.05) is 0 Å². The van der Waals surface area contributed by atoms with E-state index in [1.165, 1.54) is 0 Å². The highest BCUT2D eigenvalue weighted by Crippen LogP contribution is 2.07. The summed E-state index contributed by atoms with van der Waals surface area (Å²) in [7, 11) is 1.97. The lowest BCUT2D eigenvalue weighted by Crippen LogP contribution is -2.08. The van der Waals surface area contributed by atoms with Gasteiger partial charge < -0.3 is 9.88 Å². The highest BCUT2D eigenvalue weighted by molar-refractivity contribution is 5.45. The Morgan fingerprint density at radius 2 is 2.29 bits per heavy atom. The smallest absolute Gasteiger partial charge is 0.142 e. The van der Waals surface area contributed by atoms with Crippen molar-refractivity contribution in [2.24, 2.45) is 7.05 Å². The van der Waals surface area contributed by atoms with E-state index >= 15 is 0 Å². The Labute approximate surface area is 99.7 Å². The zero-order valence-corrected chi connectivity index (χ0v) is 9.59. The lowest BCUT2D eigenvalue weighted by Gasteiger charge is -2.06. The zero-order chi connectivity index (χ0) is 12.1. The molecular weight excluding hydrogens is 214 g/mol. The molecule has 0 bridgehead atoms. The lowest BCUT2D eigenvalue weighted by molar-refractivity contribution is 0.789. The van der Waals surface area contributed by atoms with Crippen molar-refractivity contribution < 1.29 is 0 Å². The van der Waals surface area contributed by atoms with Crippen molar-refractivity contribution in [2.45, 2.75) is 6.42 Å². The van der Waals surface area contributed by atoms with Gasteiger partial charge in [-0.2, -0.15) is 5.26 Å². The molecular formula is C12H13N5. The number of nitrogens with zero attached hydrogens (tertiary/aromatic N) is 4. The molecule has 0 unspecified atom stereocenters. The molecule has 0 aliphatic carbocycles. The number of anilines is 1. The zero-order valence-electron chi connectivity index (χ0n) is 9.59. The second-order valence-electron chi connectivity index (χ2n) is 3.67. The number of aryl methyl sites for hydroxylation is 1. The van der Waals surface area contributed by atoms with Gasteiger partial charge in [0.1, 0.15) is 17.6 Å². The minimum atomic E-state index is 0.423. The molecule has 86 valence electrons. The largest absolute Gasteiger partial charge is 0.384 e. The molecule has 0 amide bonds. The minimum Gasteiger partial charge on any atom is -0.384 e. The van der Waals surface area contributed by atoms with Crippen LogP contribution in [-0.4, -0.2) is 21.1 Å². The van der Waals surface area contributed by atoms with Gasteiger partial charge in [-0.15, -0.1) is 0 Å². The molecule has 2 aromatic rings. The summed E-state index contributed by atoms with van der Waals surface area (Å²) >= 11 is 0. The first-order valence-corrected chi connectivity index (χ1v) is 5.36. The Kier molecular flexibility index (Phi) is 3.36. The molecule has 2 aromatic heterocycles. The quantitative estimate of drug-likeness (QED) is 0.856. The van der Waals surface area contributed by atoms with Crippen molar-refractivity contribution in [1.29, 1.82) is 5.26 Å². The Balaban J connectivity index is 1.90. The molecule has 0 fully saturated rings. The summed E-state index contributed by atoms with van der Waals surface area (Å²) < 4.78 is 1.99. The number of nitrogens with one attached hydrogen (secondary N) is 1. The highest BCUT2D eigenvalue weighted by atomic mass is 15.0. The van der Waals surface area contributed by atoms with E-state index in [0.29, 0.717) is 5.69 Å². The van der Waals surface area contributed by atoms with Crippen LogP contribution < -0.4 is 5.32 Å². The van der Waals surface area contributed by atoms with Gasteiger partial charge in [0.2, 0.25) is 0 Å². The van der Waals surface area contributed by atoms with E-state index in [4.69, 9.17) is 5.26 Å². The number of nitriles is 1. The molecule has 0 spiro atoms. The minimum absolute atomic E-state index is 0.423. The van der Waals surface area contributed by atoms with E-state index < -0.39 is 0 Å². The Hall–Kier alpha value is -2.35. The molecule has 17 heavy (non-hydrogen) atoms. The van der Waals surface area contributed by atoms with E-state index in [1.807, 2.05) is 29.9 Å². The van der Waals surface area contributed by atoms with Crippen molar-refractivity contribution >= 4 is 5.69 Å². The molecule has 5 heteroatoms. The second kappa shape index (κ2) is 5.12. The average molecular weight is 227 g/mol. The molecule has 5 nitrogen and oxygen atoms in total. The molecule has 0 aliphatic rings. The van der Waals surface area contributed by atoms with E-state index in [2.05, 4.69) is 15.3 Å². The van der Waals surface area contributed by atoms with Gasteiger partial charge in [-0.3, -0.25) is 0 Å². The number of aromatic nitrogens is 3. The maximum atomic E-state index is 8.72. The fraction of sp³-hybridized carbons (Fsp3) is 0.250. The Morgan fingerprint density at radius 1 is 1.41 bits per heavy atom. The number of pyridine rings is 1. The van der Waals surface area contributed by atoms with Gasteiger partial charge in [0, 0.05) is 44.3 Å². The molecule has 0 atom stereocenters. The van der Waals surface area contributed by atoms with Gasteiger partial charge in [0.15, 0.2) is 0 Å². The second-order valence-corrected chi connectivity index (χ2v) is 3.67. The van der Waals surface area contributed by atoms with Gasteiger partial charge in [-0.25, -0.2) is 9.97 Å². The fourth-order valence-corrected chi connectivity index (χ4v) is 1.56. The SMILES string of the molecule is Cn1ccnc1CCNc1ccnc(C#N)c1. The number of hydrogen-bond donors (Lipinski definition) is 1. The molecule has 0 saturated heterocycles. The van der Waals surface area contributed by atoms with Crippen molar-refractivity contribution in [2.75, 3.05) is 11.9 Å². The molecule has 0 aromatic carbocycles. The van der Waals surface area contributed by atoms with Crippen molar-refractivity contribution in [3.05, 3.63) is 42.2 Å². The Bertz CT molecular complexity index is 538. The van der Waals surface area contributed by atoms with Crippen molar-refractivity contribution in [1.82, 2.24) is 14.5 Å².